The van der Waals surface area contributed by atoms with Crippen LogP contribution < -0.4 is 4.74 Å². The maximum Gasteiger partial charge on any atom is 0.261 e. The number of rotatable bonds is 0. The first-order valence-corrected chi connectivity index (χ1v) is 4.50. The van der Waals surface area contributed by atoms with E-state index in [2.05, 4.69) is 4.98 Å². The second kappa shape index (κ2) is 2.97. The number of carbonyl (C=O) groups excluding carboxylic acids is 1. The SMILES string of the molecule is Cc1cc2c(cn1)C(=O)N(C)C(C)O2. The molecule has 14 heavy (non-hydrogen) atoms. The van der Waals surface area contributed by atoms with Gasteiger partial charge in [-0.25, -0.2) is 0 Å². The van der Waals surface area contributed by atoms with Gasteiger partial charge in [0.1, 0.15) is 11.3 Å². The van der Waals surface area contributed by atoms with Crippen LogP contribution in [0.3, 0.4) is 0 Å². The molecule has 2 heterocycles. The van der Waals surface area contributed by atoms with Gasteiger partial charge in [0, 0.05) is 25.0 Å². The molecule has 0 aliphatic carbocycles. The van der Waals surface area contributed by atoms with E-state index in [0.29, 0.717) is 11.3 Å². The van der Waals surface area contributed by atoms with Gasteiger partial charge in [-0.3, -0.25) is 9.78 Å². The zero-order valence-corrected chi connectivity index (χ0v) is 8.44. The minimum Gasteiger partial charge on any atom is -0.470 e. The molecule has 2 rings (SSSR count). The van der Waals surface area contributed by atoms with E-state index in [1.807, 2.05) is 13.8 Å². The number of carbonyl (C=O) groups is 1. The summed E-state index contributed by atoms with van der Waals surface area (Å²) in [5, 5.41) is 0. The molecule has 1 aliphatic rings. The lowest BCUT2D eigenvalue weighted by molar-refractivity contribution is 0.0292. The number of fused-ring (bicyclic) bond motifs is 1. The van der Waals surface area contributed by atoms with Gasteiger partial charge < -0.3 is 9.64 Å². The maximum absolute atomic E-state index is 11.7. The van der Waals surface area contributed by atoms with Gasteiger partial charge in [-0.1, -0.05) is 0 Å². The first kappa shape index (κ1) is 8.99. The van der Waals surface area contributed by atoms with Crippen molar-refractivity contribution in [1.82, 2.24) is 9.88 Å². The van der Waals surface area contributed by atoms with Gasteiger partial charge in [0.25, 0.3) is 5.91 Å². The second-order valence-corrected chi connectivity index (χ2v) is 3.46. The lowest BCUT2D eigenvalue weighted by Gasteiger charge is -2.31. The van der Waals surface area contributed by atoms with Crippen molar-refractivity contribution in [2.75, 3.05) is 7.05 Å². The number of nitrogens with zero attached hydrogens (tertiary/aromatic N) is 2. The number of hydrogen-bond acceptors (Lipinski definition) is 3. The third-order valence-electron chi connectivity index (χ3n) is 2.40. The molecule has 74 valence electrons. The summed E-state index contributed by atoms with van der Waals surface area (Å²) < 4.78 is 5.56. The van der Waals surface area contributed by atoms with E-state index in [4.69, 9.17) is 4.74 Å². The van der Waals surface area contributed by atoms with E-state index >= 15 is 0 Å². The van der Waals surface area contributed by atoms with Crippen molar-refractivity contribution in [3.05, 3.63) is 23.5 Å². The average Bonchev–Trinajstić information content (AvgIpc) is 2.14. The normalized spacial score (nSPS) is 20.4. The fraction of sp³-hybridized carbons (Fsp3) is 0.400. The lowest BCUT2D eigenvalue weighted by atomic mass is 10.2. The summed E-state index contributed by atoms with van der Waals surface area (Å²) in [6, 6.07) is 1.79. The van der Waals surface area contributed by atoms with Crippen LogP contribution in [0.15, 0.2) is 12.3 Å². The van der Waals surface area contributed by atoms with Crippen molar-refractivity contribution in [2.24, 2.45) is 0 Å². The summed E-state index contributed by atoms with van der Waals surface area (Å²) in [6.07, 6.45) is 1.35. The zero-order chi connectivity index (χ0) is 10.3. The molecule has 0 N–H and O–H groups in total. The third kappa shape index (κ3) is 1.23. The van der Waals surface area contributed by atoms with Crippen molar-refractivity contribution < 1.29 is 9.53 Å². The number of pyridine rings is 1. The van der Waals surface area contributed by atoms with Crippen molar-refractivity contribution >= 4 is 5.91 Å². The topological polar surface area (TPSA) is 42.4 Å². The highest BCUT2D eigenvalue weighted by Gasteiger charge is 2.28. The Morgan fingerprint density at radius 2 is 2.29 bits per heavy atom. The van der Waals surface area contributed by atoms with E-state index < -0.39 is 0 Å². The van der Waals surface area contributed by atoms with E-state index in [-0.39, 0.29) is 12.1 Å². The van der Waals surface area contributed by atoms with Crippen molar-refractivity contribution in [1.29, 1.82) is 0 Å². The number of ether oxygens (including phenoxy) is 1. The van der Waals surface area contributed by atoms with Gasteiger partial charge >= 0.3 is 0 Å². The van der Waals surface area contributed by atoms with Crippen LogP contribution in [-0.4, -0.2) is 29.1 Å². The summed E-state index contributed by atoms with van der Waals surface area (Å²) in [6.45, 7) is 3.72. The molecule has 1 aromatic rings. The quantitative estimate of drug-likeness (QED) is 0.620. The van der Waals surface area contributed by atoms with Crippen LogP contribution in [-0.2, 0) is 0 Å². The Morgan fingerprint density at radius 1 is 1.57 bits per heavy atom. The summed E-state index contributed by atoms with van der Waals surface area (Å²) in [7, 11) is 1.72. The molecule has 0 saturated carbocycles. The predicted molar refractivity (Wildman–Crippen MR) is 51.2 cm³/mol. The van der Waals surface area contributed by atoms with Gasteiger partial charge in [-0.2, -0.15) is 0 Å². The molecule has 1 aliphatic heterocycles. The molecule has 0 saturated heterocycles. The summed E-state index contributed by atoms with van der Waals surface area (Å²) in [4.78, 5) is 17.4. The minimum absolute atomic E-state index is 0.0359. The Hall–Kier alpha value is -1.58. The van der Waals surface area contributed by atoms with Crippen molar-refractivity contribution in [3.63, 3.8) is 0 Å². The summed E-state index contributed by atoms with van der Waals surface area (Å²) in [5.41, 5.74) is 1.39. The molecule has 4 nitrogen and oxygen atoms in total. The molecule has 1 aromatic heterocycles. The lowest BCUT2D eigenvalue weighted by Crippen LogP contribution is -2.42. The van der Waals surface area contributed by atoms with Gasteiger partial charge in [0.05, 0.1) is 0 Å². The fourth-order valence-electron chi connectivity index (χ4n) is 1.41. The molecule has 1 unspecified atom stereocenters. The minimum atomic E-state index is -0.211. The van der Waals surface area contributed by atoms with Crippen LogP contribution in [0.4, 0.5) is 0 Å². The van der Waals surface area contributed by atoms with Crippen molar-refractivity contribution in [3.8, 4) is 5.75 Å². The van der Waals surface area contributed by atoms with E-state index in [0.717, 1.165) is 5.69 Å². The molecule has 0 fully saturated rings. The zero-order valence-electron chi connectivity index (χ0n) is 8.44. The van der Waals surface area contributed by atoms with Crippen LogP contribution in [0.2, 0.25) is 0 Å². The molecule has 0 radical (unpaired) electrons. The number of hydrogen-bond donors (Lipinski definition) is 0. The monoisotopic (exact) mass is 192 g/mol. The molecule has 4 heteroatoms. The standard InChI is InChI=1S/C10H12N2O2/c1-6-4-9-8(5-11-6)10(13)12(3)7(2)14-9/h4-5,7H,1-3H3. The van der Waals surface area contributed by atoms with Crippen LogP contribution in [0.5, 0.6) is 5.75 Å². The second-order valence-electron chi connectivity index (χ2n) is 3.46. The van der Waals surface area contributed by atoms with Gasteiger partial charge in [0.2, 0.25) is 0 Å². The maximum atomic E-state index is 11.7. The first-order valence-electron chi connectivity index (χ1n) is 4.50. The Kier molecular flexibility index (Phi) is 1.91. The Labute approximate surface area is 82.5 Å². The summed E-state index contributed by atoms with van der Waals surface area (Å²) >= 11 is 0. The number of aromatic nitrogens is 1. The molecule has 1 atom stereocenters. The van der Waals surface area contributed by atoms with Crippen LogP contribution in [0.1, 0.15) is 23.0 Å². The molecular weight excluding hydrogens is 180 g/mol. The molecule has 1 amide bonds. The Balaban J connectivity index is 2.51. The highest BCUT2D eigenvalue weighted by molar-refractivity contribution is 5.97. The van der Waals surface area contributed by atoms with Gasteiger partial charge in [0.15, 0.2) is 6.23 Å². The number of amides is 1. The number of aryl methyl sites for hydroxylation is 1. The van der Waals surface area contributed by atoms with Crippen LogP contribution in [0, 0.1) is 6.92 Å². The smallest absolute Gasteiger partial charge is 0.261 e. The third-order valence-corrected chi connectivity index (χ3v) is 2.40. The summed E-state index contributed by atoms with van der Waals surface area (Å²) in [5.74, 6) is 0.597. The first-order chi connectivity index (χ1) is 6.59. The van der Waals surface area contributed by atoms with Crippen LogP contribution in [0.25, 0.3) is 0 Å². The molecule has 0 bridgehead atoms. The highest BCUT2D eigenvalue weighted by Crippen LogP contribution is 2.26. The predicted octanol–water partition coefficient (Wildman–Crippen LogP) is 1.20. The van der Waals surface area contributed by atoms with Crippen LogP contribution >= 0.6 is 0 Å². The average molecular weight is 192 g/mol. The van der Waals surface area contributed by atoms with Crippen molar-refractivity contribution in [2.45, 2.75) is 20.1 Å². The van der Waals surface area contributed by atoms with E-state index in [1.165, 1.54) is 0 Å². The fourth-order valence-corrected chi connectivity index (χ4v) is 1.41. The Morgan fingerprint density at radius 3 is 3.00 bits per heavy atom. The van der Waals surface area contributed by atoms with Gasteiger partial charge in [-0.05, 0) is 13.8 Å². The van der Waals surface area contributed by atoms with E-state index in [9.17, 15) is 4.79 Å². The largest absolute Gasteiger partial charge is 0.470 e. The molecule has 0 spiro atoms. The van der Waals surface area contributed by atoms with Gasteiger partial charge in [-0.15, -0.1) is 0 Å². The Bertz CT molecular complexity index is 390. The highest BCUT2D eigenvalue weighted by atomic mass is 16.5. The van der Waals surface area contributed by atoms with E-state index in [1.54, 1.807) is 24.2 Å². The molecular formula is C10H12N2O2. The molecule has 0 aromatic carbocycles.